The van der Waals surface area contributed by atoms with Crippen LogP contribution in [0.4, 0.5) is 0 Å². The van der Waals surface area contributed by atoms with E-state index in [9.17, 15) is 0 Å². The normalized spacial score (nSPS) is 11.3. The van der Waals surface area contributed by atoms with E-state index >= 15 is 0 Å². The summed E-state index contributed by atoms with van der Waals surface area (Å²) in [4.78, 5) is 4.62. The van der Waals surface area contributed by atoms with Crippen molar-refractivity contribution in [2.75, 3.05) is 0 Å². The van der Waals surface area contributed by atoms with Crippen molar-refractivity contribution in [1.82, 2.24) is 9.55 Å². The second-order valence-corrected chi connectivity index (χ2v) is 7.05. The van der Waals surface area contributed by atoms with E-state index in [1.807, 2.05) is 12.3 Å². The lowest BCUT2D eigenvalue weighted by Gasteiger charge is -2.09. The Morgan fingerprint density at radius 3 is 2.15 bits per heavy atom. The lowest BCUT2D eigenvalue weighted by atomic mass is 10.0. The summed E-state index contributed by atoms with van der Waals surface area (Å²) >= 11 is 0. The Balaban J connectivity index is 1.57. The van der Waals surface area contributed by atoms with Gasteiger partial charge in [-0.25, -0.2) is 0 Å². The molecule has 0 atom stereocenters. The minimum Gasteiger partial charge on any atom is -0.308 e. The molecule has 0 saturated carbocycles. The van der Waals surface area contributed by atoms with Crippen molar-refractivity contribution in [1.29, 1.82) is 0 Å². The van der Waals surface area contributed by atoms with Crippen LogP contribution in [-0.2, 0) is 6.42 Å². The van der Waals surface area contributed by atoms with E-state index in [1.54, 1.807) is 0 Å². The van der Waals surface area contributed by atoms with Crippen LogP contribution in [0.25, 0.3) is 27.6 Å². The number of para-hydroxylation sites is 1. The molecule has 2 aromatic heterocycles. The van der Waals surface area contributed by atoms with Gasteiger partial charge < -0.3 is 4.57 Å². The van der Waals surface area contributed by atoms with Crippen LogP contribution in [-0.4, -0.2) is 9.55 Å². The van der Waals surface area contributed by atoms with Gasteiger partial charge in [0.1, 0.15) is 0 Å². The summed E-state index contributed by atoms with van der Waals surface area (Å²) in [5.74, 6) is 0. The van der Waals surface area contributed by atoms with Crippen LogP contribution in [0.5, 0.6) is 0 Å². The van der Waals surface area contributed by atoms with E-state index in [2.05, 4.69) is 95.3 Å². The summed E-state index contributed by atoms with van der Waals surface area (Å²) in [5.41, 5.74) is 8.52. The van der Waals surface area contributed by atoms with Crippen molar-refractivity contribution in [2.24, 2.45) is 0 Å². The van der Waals surface area contributed by atoms with Crippen LogP contribution >= 0.6 is 0 Å². The van der Waals surface area contributed by atoms with Crippen molar-refractivity contribution < 1.29 is 0 Å². The molecule has 2 nitrogen and oxygen atoms in total. The fourth-order valence-corrected chi connectivity index (χ4v) is 3.77. The number of fused-ring (bicyclic) bond motifs is 3. The summed E-state index contributed by atoms with van der Waals surface area (Å²) in [5, 5.41) is 1.19. The van der Waals surface area contributed by atoms with Crippen LogP contribution in [0.2, 0.25) is 0 Å². The molecule has 27 heavy (non-hydrogen) atoms. The Labute approximate surface area is 158 Å². The zero-order chi connectivity index (χ0) is 18.2. The van der Waals surface area contributed by atoms with Crippen molar-refractivity contribution in [3.8, 4) is 5.69 Å². The van der Waals surface area contributed by atoms with Crippen molar-refractivity contribution in [3.05, 3.63) is 108 Å². The summed E-state index contributed by atoms with van der Waals surface area (Å²) in [6.45, 7) is 2.12. The molecule has 0 unspecified atom stereocenters. The third-order valence-electron chi connectivity index (χ3n) is 5.15. The molecule has 0 saturated heterocycles. The van der Waals surface area contributed by atoms with Gasteiger partial charge in [-0.3, -0.25) is 4.98 Å². The molecule has 0 aliphatic rings. The van der Waals surface area contributed by atoms with Crippen LogP contribution in [0.3, 0.4) is 0 Å². The maximum atomic E-state index is 4.62. The Morgan fingerprint density at radius 2 is 1.37 bits per heavy atom. The van der Waals surface area contributed by atoms with Gasteiger partial charge in [0.2, 0.25) is 0 Å². The first kappa shape index (κ1) is 15.8. The molecular formula is C25H20N2. The van der Waals surface area contributed by atoms with Crippen LogP contribution in [0.15, 0.2) is 91.1 Å². The summed E-state index contributed by atoms with van der Waals surface area (Å²) in [6, 6.07) is 30.3. The smallest absolute Gasteiger partial charge is 0.0963 e. The standard InChI is InChI=1S/C25H20N2/c1-18-8-10-19(11-9-18)17-20-12-14-21(15-13-20)27-23-6-3-2-5-22(23)25-24(27)7-4-16-26-25/h2-16H,17H2,1H3. The summed E-state index contributed by atoms with van der Waals surface area (Å²) < 4.78 is 2.30. The molecule has 0 N–H and O–H groups in total. The first-order valence-electron chi connectivity index (χ1n) is 9.29. The Morgan fingerprint density at radius 1 is 0.704 bits per heavy atom. The van der Waals surface area contributed by atoms with Crippen LogP contribution < -0.4 is 0 Å². The molecule has 2 heteroatoms. The van der Waals surface area contributed by atoms with E-state index in [0.717, 1.165) is 17.5 Å². The van der Waals surface area contributed by atoms with Gasteiger partial charge in [0.25, 0.3) is 0 Å². The second kappa shape index (κ2) is 6.40. The molecule has 0 bridgehead atoms. The first-order valence-corrected chi connectivity index (χ1v) is 9.29. The largest absolute Gasteiger partial charge is 0.308 e. The molecule has 130 valence electrons. The molecule has 0 fully saturated rings. The van der Waals surface area contributed by atoms with Crippen molar-refractivity contribution >= 4 is 21.9 Å². The van der Waals surface area contributed by atoms with Gasteiger partial charge in [0.15, 0.2) is 0 Å². The molecule has 0 amide bonds. The van der Waals surface area contributed by atoms with Crippen LogP contribution in [0, 0.1) is 6.92 Å². The molecule has 5 aromatic rings. The fraction of sp³-hybridized carbons (Fsp3) is 0.0800. The quantitative estimate of drug-likeness (QED) is 0.386. The highest BCUT2D eigenvalue weighted by atomic mass is 15.0. The van der Waals surface area contributed by atoms with Crippen molar-refractivity contribution in [3.63, 3.8) is 0 Å². The number of rotatable bonds is 3. The third kappa shape index (κ3) is 2.80. The van der Waals surface area contributed by atoms with Crippen molar-refractivity contribution in [2.45, 2.75) is 13.3 Å². The highest BCUT2D eigenvalue weighted by molar-refractivity contribution is 6.06. The second-order valence-electron chi connectivity index (χ2n) is 7.05. The number of nitrogens with zero attached hydrogens (tertiary/aromatic N) is 2. The number of pyridine rings is 1. The van der Waals surface area contributed by atoms with Gasteiger partial charge >= 0.3 is 0 Å². The average Bonchev–Trinajstić information content (AvgIpc) is 3.05. The summed E-state index contributed by atoms with van der Waals surface area (Å²) in [6.07, 6.45) is 2.82. The average molecular weight is 348 g/mol. The molecule has 5 rings (SSSR count). The Hall–Kier alpha value is -3.39. The fourth-order valence-electron chi connectivity index (χ4n) is 3.77. The molecule has 0 radical (unpaired) electrons. The Bertz CT molecular complexity index is 1180. The predicted molar refractivity (Wildman–Crippen MR) is 113 cm³/mol. The molecular weight excluding hydrogens is 328 g/mol. The maximum Gasteiger partial charge on any atom is 0.0963 e. The Kier molecular flexibility index (Phi) is 3.75. The number of aromatic nitrogens is 2. The van der Waals surface area contributed by atoms with E-state index in [4.69, 9.17) is 0 Å². The first-order chi connectivity index (χ1) is 13.3. The van der Waals surface area contributed by atoms with Gasteiger partial charge in [-0.1, -0.05) is 60.2 Å². The van der Waals surface area contributed by atoms with Gasteiger partial charge in [-0.2, -0.15) is 0 Å². The lowest BCUT2D eigenvalue weighted by Crippen LogP contribution is -1.95. The maximum absolute atomic E-state index is 4.62. The minimum absolute atomic E-state index is 0.954. The monoisotopic (exact) mass is 348 g/mol. The lowest BCUT2D eigenvalue weighted by molar-refractivity contribution is 1.14. The highest BCUT2D eigenvalue weighted by Gasteiger charge is 2.12. The van der Waals surface area contributed by atoms with E-state index in [1.165, 1.54) is 33.3 Å². The summed E-state index contributed by atoms with van der Waals surface area (Å²) in [7, 11) is 0. The third-order valence-corrected chi connectivity index (χ3v) is 5.15. The van der Waals surface area contributed by atoms with Gasteiger partial charge in [0.05, 0.1) is 16.6 Å². The molecule has 0 aliphatic carbocycles. The van der Waals surface area contributed by atoms with Gasteiger partial charge in [0, 0.05) is 17.3 Å². The molecule has 3 aromatic carbocycles. The highest BCUT2D eigenvalue weighted by Crippen LogP contribution is 2.30. The number of benzene rings is 3. The molecule has 0 aliphatic heterocycles. The van der Waals surface area contributed by atoms with E-state index in [-0.39, 0.29) is 0 Å². The van der Waals surface area contributed by atoms with Gasteiger partial charge in [-0.15, -0.1) is 0 Å². The number of aryl methyl sites for hydroxylation is 1. The molecule has 2 heterocycles. The zero-order valence-electron chi connectivity index (χ0n) is 15.3. The van der Waals surface area contributed by atoms with Crippen LogP contribution in [0.1, 0.15) is 16.7 Å². The number of hydrogen-bond donors (Lipinski definition) is 0. The SMILES string of the molecule is Cc1ccc(Cc2ccc(-n3c4ccccc4c4ncccc43)cc2)cc1. The minimum atomic E-state index is 0.954. The topological polar surface area (TPSA) is 17.8 Å². The van der Waals surface area contributed by atoms with E-state index in [0.29, 0.717) is 0 Å². The predicted octanol–water partition coefficient (Wildman–Crippen LogP) is 6.08. The molecule has 0 spiro atoms. The van der Waals surface area contributed by atoms with E-state index < -0.39 is 0 Å². The number of hydrogen-bond acceptors (Lipinski definition) is 1. The zero-order valence-corrected chi connectivity index (χ0v) is 15.3. The van der Waals surface area contributed by atoms with Gasteiger partial charge in [-0.05, 0) is 54.8 Å².